The van der Waals surface area contributed by atoms with Gasteiger partial charge in [-0.2, -0.15) is 0 Å². The molecule has 0 spiro atoms. The van der Waals surface area contributed by atoms with Crippen molar-refractivity contribution >= 4 is 41.2 Å². The largest absolute Gasteiger partial charge is 0.339 e. The molecule has 0 saturated carbocycles. The summed E-state index contributed by atoms with van der Waals surface area (Å²) in [6.45, 7) is 1.19. The van der Waals surface area contributed by atoms with Crippen molar-refractivity contribution in [2.45, 2.75) is 18.9 Å². The van der Waals surface area contributed by atoms with E-state index < -0.39 is 0 Å². The van der Waals surface area contributed by atoms with Gasteiger partial charge in [0.25, 0.3) is 5.91 Å². The van der Waals surface area contributed by atoms with E-state index in [2.05, 4.69) is 0 Å². The van der Waals surface area contributed by atoms with Crippen LogP contribution in [0.15, 0.2) is 60.7 Å². The van der Waals surface area contributed by atoms with Crippen molar-refractivity contribution in [3.05, 3.63) is 71.3 Å². The zero-order valence-corrected chi connectivity index (χ0v) is 17.2. The molecular weight excluding hydrogens is 402 g/mol. The van der Waals surface area contributed by atoms with Crippen molar-refractivity contribution < 1.29 is 14.4 Å². The molecule has 7 heteroatoms. The second kappa shape index (κ2) is 8.71. The molecule has 2 aromatic carbocycles. The van der Waals surface area contributed by atoms with Crippen LogP contribution in [0.4, 0.5) is 10.5 Å². The Morgan fingerprint density at radius 2 is 1.63 bits per heavy atom. The van der Waals surface area contributed by atoms with Crippen molar-refractivity contribution in [3.8, 4) is 0 Å². The number of hydrogen-bond acceptors (Lipinski definition) is 3. The molecule has 2 fully saturated rings. The predicted octanol–water partition coefficient (Wildman–Crippen LogP) is 3.81. The number of anilines is 1. The van der Waals surface area contributed by atoms with E-state index in [4.69, 9.17) is 11.6 Å². The Labute approximate surface area is 180 Å². The first-order valence-corrected chi connectivity index (χ1v) is 10.3. The van der Waals surface area contributed by atoms with Gasteiger partial charge in [0.05, 0.1) is 5.69 Å². The summed E-state index contributed by atoms with van der Waals surface area (Å²) in [5, 5.41) is 0.654. The van der Waals surface area contributed by atoms with Gasteiger partial charge in [0, 0.05) is 30.2 Å². The number of para-hydroxylation sites is 1. The lowest BCUT2D eigenvalue weighted by atomic mass is 10.0. The van der Waals surface area contributed by atoms with E-state index in [0.29, 0.717) is 36.6 Å². The van der Waals surface area contributed by atoms with E-state index in [-0.39, 0.29) is 30.4 Å². The second-order valence-electron chi connectivity index (χ2n) is 7.42. The van der Waals surface area contributed by atoms with Gasteiger partial charge in [-0.3, -0.25) is 9.59 Å². The fourth-order valence-electron chi connectivity index (χ4n) is 3.88. The van der Waals surface area contributed by atoms with E-state index >= 15 is 0 Å². The van der Waals surface area contributed by atoms with Gasteiger partial charge in [-0.15, -0.1) is 0 Å². The fourth-order valence-corrected chi connectivity index (χ4v) is 4.01. The minimum atomic E-state index is -0.279. The number of carbonyl (C=O) groups excluding carboxylic acids is 3. The highest BCUT2D eigenvalue weighted by atomic mass is 35.5. The van der Waals surface area contributed by atoms with E-state index in [1.54, 1.807) is 58.4 Å². The van der Waals surface area contributed by atoms with Crippen LogP contribution in [0.3, 0.4) is 0 Å². The molecule has 2 aromatic rings. The highest BCUT2D eigenvalue weighted by Gasteiger charge is 2.41. The van der Waals surface area contributed by atoms with Crippen molar-refractivity contribution in [3.63, 3.8) is 0 Å². The van der Waals surface area contributed by atoms with E-state index in [1.165, 1.54) is 4.90 Å². The molecule has 0 aliphatic carbocycles. The topological polar surface area (TPSA) is 60.9 Å². The summed E-state index contributed by atoms with van der Waals surface area (Å²) in [5.41, 5.74) is 1.50. The average Bonchev–Trinajstić information content (AvgIpc) is 3.07. The number of urea groups is 1. The van der Waals surface area contributed by atoms with Crippen LogP contribution >= 0.6 is 11.6 Å². The number of imide groups is 1. The maximum atomic E-state index is 12.8. The number of benzene rings is 2. The molecule has 0 aromatic heterocycles. The lowest BCUT2D eigenvalue weighted by Crippen LogP contribution is -2.47. The van der Waals surface area contributed by atoms with Crippen LogP contribution in [0.5, 0.6) is 0 Å². The number of nitrogens with zero attached hydrogens (tertiary/aromatic N) is 3. The molecule has 2 heterocycles. The number of likely N-dealkylation sites (tertiary alicyclic amines) is 1. The summed E-state index contributed by atoms with van der Waals surface area (Å²) < 4.78 is 0. The maximum absolute atomic E-state index is 12.8. The summed E-state index contributed by atoms with van der Waals surface area (Å²) in [6.07, 6.45) is 4.64. The van der Waals surface area contributed by atoms with Gasteiger partial charge >= 0.3 is 6.03 Å². The van der Waals surface area contributed by atoms with Crippen molar-refractivity contribution in [1.29, 1.82) is 0 Å². The Kier molecular flexibility index (Phi) is 5.86. The van der Waals surface area contributed by atoms with Gasteiger partial charge in [-0.25, -0.2) is 9.69 Å². The molecule has 4 amide bonds. The highest BCUT2D eigenvalue weighted by Crippen LogP contribution is 2.26. The summed E-state index contributed by atoms with van der Waals surface area (Å²) in [7, 11) is 0. The second-order valence-corrected chi connectivity index (χ2v) is 7.85. The number of halogens is 1. The number of hydrogen-bond donors (Lipinski definition) is 0. The van der Waals surface area contributed by atoms with Crippen LogP contribution in [0.25, 0.3) is 6.08 Å². The van der Waals surface area contributed by atoms with Crippen LogP contribution in [0, 0.1) is 0 Å². The fraction of sp³-hybridized carbons (Fsp3) is 0.261. The quantitative estimate of drug-likeness (QED) is 0.555. The smallest absolute Gasteiger partial charge is 0.332 e. The third kappa shape index (κ3) is 4.24. The molecule has 0 bridgehead atoms. The van der Waals surface area contributed by atoms with Gasteiger partial charge in [0.2, 0.25) is 5.91 Å². The molecule has 30 heavy (non-hydrogen) atoms. The molecule has 2 aliphatic heterocycles. The molecule has 0 unspecified atom stereocenters. The summed E-state index contributed by atoms with van der Waals surface area (Å²) in [5.74, 6) is -0.270. The Morgan fingerprint density at radius 1 is 0.967 bits per heavy atom. The average molecular weight is 424 g/mol. The summed E-state index contributed by atoms with van der Waals surface area (Å²) in [6, 6.07) is 15.9. The van der Waals surface area contributed by atoms with Crippen LogP contribution in [0.1, 0.15) is 18.4 Å². The molecule has 0 atom stereocenters. The lowest BCUT2D eigenvalue weighted by Gasteiger charge is -2.35. The molecule has 0 radical (unpaired) electrons. The van der Waals surface area contributed by atoms with Crippen LogP contribution < -0.4 is 4.90 Å². The molecule has 6 nitrogen and oxygen atoms in total. The Bertz CT molecular complexity index is 967. The third-order valence-corrected chi connectivity index (χ3v) is 5.76. The van der Waals surface area contributed by atoms with Crippen LogP contribution in [0.2, 0.25) is 5.02 Å². The zero-order valence-electron chi connectivity index (χ0n) is 16.4. The van der Waals surface area contributed by atoms with Crippen LogP contribution in [-0.4, -0.2) is 53.3 Å². The molecule has 4 rings (SSSR count). The molecular formula is C23H22ClN3O3. The summed E-state index contributed by atoms with van der Waals surface area (Å²) >= 11 is 5.88. The monoisotopic (exact) mass is 423 g/mol. The number of carbonyl (C=O) groups is 3. The Balaban J connectivity index is 1.34. The number of amides is 4. The normalized spacial score (nSPS) is 18.0. The van der Waals surface area contributed by atoms with Gasteiger partial charge in [-0.05, 0) is 48.7 Å². The van der Waals surface area contributed by atoms with Gasteiger partial charge in [-0.1, -0.05) is 41.9 Å². The maximum Gasteiger partial charge on any atom is 0.332 e. The van der Waals surface area contributed by atoms with Crippen LogP contribution in [-0.2, 0) is 9.59 Å². The highest BCUT2D eigenvalue weighted by molar-refractivity contribution is 6.30. The first kappa shape index (κ1) is 20.2. The standard InChI is InChI=1S/C23H22ClN3O3/c24-18-9-6-17(7-10-18)8-11-21(28)25-14-12-19(13-15-25)26-16-22(29)27(23(26)30)20-4-2-1-3-5-20/h1-11,19H,12-16H2. The van der Waals surface area contributed by atoms with Crippen molar-refractivity contribution in [1.82, 2.24) is 9.80 Å². The van der Waals surface area contributed by atoms with Gasteiger partial charge < -0.3 is 9.80 Å². The number of rotatable bonds is 4. The summed E-state index contributed by atoms with van der Waals surface area (Å²) in [4.78, 5) is 42.4. The van der Waals surface area contributed by atoms with Crippen molar-refractivity contribution in [2.75, 3.05) is 24.5 Å². The van der Waals surface area contributed by atoms with E-state index in [1.807, 2.05) is 18.2 Å². The SMILES string of the molecule is O=C(C=Cc1ccc(Cl)cc1)N1CCC(N2CC(=O)N(c3ccccc3)C2=O)CC1. The zero-order chi connectivity index (χ0) is 21.1. The number of piperidine rings is 1. The van der Waals surface area contributed by atoms with Gasteiger partial charge in [0.15, 0.2) is 0 Å². The first-order chi connectivity index (χ1) is 14.5. The lowest BCUT2D eigenvalue weighted by molar-refractivity contribution is -0.127. The third-order valence-electron chi connectivity index (χ3n) is 5.51. The molecule has 2 saturated heterocycles. The minimum absolute atomic E-state index is 0.0422. The molecule has 154 valence electrons. The predicted molar refractivity (Wildman–Crippen MR) is 116 cm³/mol. The van der Waals surface area contributed by atoms with Gasteiger partial charge in [0.1, 0.15) is 6.54 Å². The Morgan fingerprint density at radius 3 is 2.30 bits per heavy atom. The molecule has 2 aliphatic rings. The van der Waals surface area contributed by atoms with E-state index in [0.717, 1.165) is 5.56 Å². The van der Waals surface area contributed by atoms with Crippen molar-refractivity contribution in [2.24, 2.45) is 0 Å². The van der Waals surface area contributed by atoms with E-state index in [9.17, 15) is 14.4 Å². The first-order valence-electron chi connectivity index (χ1n) is 9.94. The minimum Gasteiger partial charge on any atom is -0.339 e. The Hall–Kier alpha value is -3.12. The molecule has 0 N–H and O–H groups in total.